The van der Waals surface area contributed by atoms with Gasteiger partial charge in [0, 0.05) is 13.0 Å². The zero-order valence-electron chi connectivity index (χ0n) is 19.5. The molecule has 1 aromatic rings. The fourth-order valence-electron chi connectivity index (χ4n) is 5.85. The topological polar surface area (TPSA) is 46.2 Å². The van der Waals surface area contributed by atoms with Crippen LogP contribution >= 0.6 is 0 Å². The molecule has 0 unspecified atom stereocenters. The first-order valence-electron chi connectivity index (χ1n) is 12.5. The Morgan fingerprint density at radius 2 is 1.75 bits per heavy atom. The average molecular weight is 443 g/mol. The highest BCUT2D eigenvalue weighted by Gasteiger charge is 2.53. The molecule has 8 atom stereocenters. The van der Waals surface area contributed by atoms with E-state index in [1.165, 1.54) is 5.56 Å². The molecular weight excluding hydrogens is 404 g/mol. The summed E-state index contributed by atoms with van der Waals surface area (Å²) < 4.78 is 32.9. The average Bonchev–Trinajstić information content (AvgIpc) is 2.85. The van der Waals surface area contributed by atoms with E-state index in [-0.39, 0.29) is 42.7 Å². The van der Waals surface area contributed by atoms with Crippen LogP contribution in [0.25, 0.3) is 0 Å². The highest BCUT2D eigenvalue weighted by molar-refractivity contribution is 5.14. The van der Waals surface area contributed by atoms with Gasteiger partial charge >= 0.3 is 0 Å². The van der Waals surface area contributed by atoms with Crippen molar-refractivity contribution < 1.29 is 23.7 Å². The summed E-state index contributed by atoms with van der Waals surface area (Å²) in [6.45, 7) is 5.75. The number of rotatable bonds is 3. The zero-order valence-corrected chi connectivity index (χ0v) is 19.5. The van der Waals surface area contributed by atoms with E-state index >= 15 is 0 Å². The quantitative estimate of drug-likeness (QED) is 0.619. The highest BCUT2D eigenvalue weighted by Crippen LogP contribution is 2.42. The molecule has 3 fully saturated rings. The molecule has 0 N–H and O–H groups in total. The number of ether oxygens (including phenoxy) is 5. The van der Waals surface area contributed by atoms with Crippen molar-refractivity contribution in [1.82, 2.24) is 0 Å². The summed E-state index contributed by atoms with van der Waals surface area (Å²) in [7, 11) is 0. The SMILES string of the molecule is C[C@@H]1CC[C@H]2O[C@H]3C/C=C\C[C@H]4OCCC[C@@H]4O[C@@H]3C[C@@H](OCc3ccccc3)[C@@]2(C)O1. The predicted molar refractivity (Wildman–Crippen MR) is 122 cm³/mol. The third kappa shape index (κ3) is 4.83. The molecule has 0 aliphatic carbocycles. The van der Waals surface area contributed by atoms with Crippen LogP contribution in [0.5, 0.6) is 0 Å². The van der Waals surface area contributed by atoms with E-state index in [4.69, 9.17) is 23.7 Å². The van der Waals surface area contributed by atoms with Crippen LogP contribution in [0, 0.1) is 0 Å². The van der Waals surface area contributed by atoms with Crippen molar-refractivity contribution in [2.75, 3.05) is 6.61 Å². The van der Waals surface area contributed by atoms with Crippen molar-refractivity contribution >= 4 is 0 Å². The molecule has 176 valence electrons. The minimum atomic E-state index is -0.487. The van der Waals surface area contributed by atoms with Crippen LogP contribution in [0.1, 0.15) is 64.4 Å². The van der Waals surface area contributed by atoms with Gasteiger partial charge in [0.25, 0.3) is 0 Å². The van der Waals surface area contributed by atoms with Crippen LogP contribution in [-0.2, 0) is 30.3 Å². The van der Waals surface area contributed by atoms with Crippen LogP contribution in [0.15, 0.2) is 42.5 Å². The lowest BCUT2D eigenvalue weighted by molar-refractivity contribution is -0.241. The predicted octanol–water partition coefficient (Wildman–Crippen LogP) is 4.97. The Kier molecular flexibility index (Phi) is 7.00. The summed E-state index contributed by atoms with van der Waals surface area (Å²) in [5.74, 6) is 0. The molecule has 0 aromatic heterocycles. The second kappa shape index (κ2) is 9.94. The van der Waals surface area contributed by atoms with Gasteiger partial charge in [-0.25, -0.2) is 0 Å². The summed E-state index contributed by atoms with van der Waals surface area (Å²) in [6.07, 6.45) is 11.5. The smallest absolute Gasteiger partial charge is 0.118 e. The van der Waals surface area contributed by atoms with Crippen LogP contribution in [0.3, 0.4) is 0 Å². The van der Waals surface area contributed by atoms with Gasteiger partial charge in [-0.2, -0.15) is 0 Å². The van der Waals surface area contributed by atoms with Gasteiger partial charge in [0.05, 0.1) is 49.3 Å². The van der Waals surface area contributed by atoms with Gasteiger partial charge in [-0.05, 0) is 57.9 Å². The monoisotopic (exact) mass is 442 g/mol. The maximum Gasteiger partial charge on any atom is 0.118 e. The summed E-state index contributed by atoms with van der Waals surface area (Å²) >= 11 is 0. The van der Waals surface area contributed by atoms with E-state index in [1.54, 1.807) is 0 Å². The Morgan fingerprint density at radius 3 is 2.59 bits per heavy atom. The van der Waals surface area contributed by atoms with Crippen molar-refractivity contribution in [3.05, 3.63) is 48.0 Å². The molecule has 0 amide bonds. The number of fused-ring (bicyclic) bond motifs is 3. The van der Waals surface area contributed by atoms with E-state index in [9.17, 15) is 0 Å². The lowest BCUT2D eigenvalue weighted by Crippen LogP contribution is -2.57. The minimum absolute atomic E-state index is 0.00521. The lowest BCUT2D eigenvalue weighted by atomic mass is 9.83. The Labute approximate surface area is 192 Å². The molecular formula is C27H38O5. The van der Waals surface area contributed by atoms with E-state index in [0.29, 0.717) is 6.61 Å². The molecule has 0 radical (unpaired) electrons. The van der Waals surface area contributed by atoms with Gasteiger partial charge in [-0.3, -0.25) is 0 Å². The molecule has 4 heterocycles. The summed E-state index contributed by atoms with van der Waals surface area (Å²) in [5.41, 5.74) is 0.691. The van der Waals surface area contributed by atoms with Crippen molar-refractivity contribution in [2.45, 2.75) is 114 Å². The standard InChI is InChI=1S/C27H38O5/c1-19-14-15-25-27(2,32-19)26(29-18-20-9-4-3-5-10-20)17-24-23(31-25)12-7-6-11-21-22(30-24)13-8-16-28-21/h3-7,9-10,19,21-26H,8,11-18H2,1-2H3/b7-6-/t19-,21-,22+,23+,24-,25-,26-,27+/m1/s1. The Hall–Kier alpha value is -1.24. The first-order valence-corrected chi connectivity index (χ1v) is 12.5. The Bertz CT molecular complexity index is 767. The first kappa shape index (κ1) is 22.5. The van der Waals surface area contributed by atoms with Gasteiger partial charge in [0.2, 0.25) is 0 Å². The van der Waals surface area contributed by atoms with E-state index in [0.717, 1.165) is 51.6 Å². The van der Waals surface area contributed by atoms with Crippen molar-refractivity contribution in [3.8, 4) is 0 Å². The molecule has 4 aliphatic rings. The first-order chi connectivity index (χ1) is 15.6. The second-order valence-electron chi connectivity index (χ2n) is 10.1. The summed E-state index contributed by atoms with van der Waals surface area (Å²) in [4.78, 5) is 0. The minimum Gasteiger partial charge on any atom is -0.375 e. The van der Waals surface area contributed by atoms with Crippen LogP contribution in [-0.4, -0.2) is 54.9 Å². The maximum atomic E-state index is 6.80. The maximum absolute atomic E-state index is 6.80. The van der Waals surface area contributed by atoms with Crippen molar-refractivity contribution in [2.24, 2.45) is 0 Å². The number of hydrogen-bond donors (Lipinski definition) is 0. The van der Waals surface area contributed by atoms with Gasteiger partial charge in [-0.15, -0.1) is 0 Å². The van der Waals surface area contributed by atoms with E-state index < -0.39 is 5.60 Å². The molecule has 0 spiro atoms. The Morgan fingerprint density at radius 1 is 0.938 bits per heavy atom. The van der Waals surface area contributed by atoms with Gasteiger partial charge < -0.3 is 23.7 Å². The largest absolute Gasteiger partial charge is 0.375 e. The van der Waals surface area contributed by atoms with Gasteiger partial charge in [0.15, 0.2) is 0 Å². The summed E-state index contributed by atoms with van der Waals surface area (Å²) in [5, 5.41) is 0. The molecule has 4 aliphatic heterocycles. The third-order valence-electron chi connectivity index (χ3n) is 7.70. The highest BCUT2D eigenvalue weighted by atomic mass is 16.6. The summed E-state index contributed by atoms with van der Waals surface area (Å²) in [6, 6.07) is 10.4. The molecule has 0 bridgehead atoms. The molecule has 5 rings (SSSR count). The number of benzene rings is 1. The lowest BCUT2D eigenvalue weighted by Gasteiger charge is -2.46. The second-order valence-corrected chi connectivity index (χ2v) is 10.1. The molecule has 0 saturated carbocycles. The van der Waals surface area contributed by atoms with Crippen molar-refractivity contribution in [1.29, 1.82) is 0 Å². The normalized spacial score (nSPS) is 43.4. The molecule has 1 aromatic carbocycles. The molecule has 32 heavy (non-hydrogen) atoms. The van der Waals surface area contributed by atoms with E-state index in [2.05, 4.69) is 50.3 Å². The van der Waals surface area contributed by atoms with Crippen molar-refractivity contribution in [3.63, 3.8) is 0 Å². The Balaban J connectivity index is 1.41. The zero-order chi connectivity index (χ0) is 22.0. The molecule has 5 nitrogen and oxygen atoms in total. The fourth-order valence-corrected chi connectivity index (χ4v) is 5.85. The fraction of sp³-hybridized carbons (Fsp3) is 0.704. The van der Waals surface area contributed by atoms with Gasteiger partial charge in [0.1, 0.15) is 5.60 Å². The van der Waals surface area contributed by atoms with E-state index in [1.807, 2.05) is 6.07 Å². The van der Waals surface area contributed by atoms with Crippen LogP contribution in [0.2, 0.25) is 0 Å². The molecule has 3 saturated heterocycles. The van der Waals surface area contributed by atoms with Crippen LogP contribution in [0.4, 0.5) is 0 Å². The number of hydrogen-bond acceptors (Lipinski definition) is 5. The molecule has 5 heteroatoms. The van der Waals surface area contributed by atoms with Crippen LogP contribution < -0.4 is 0 Å². The van der Waals surface area contributed by atoms with Gasteiger partial charge in [-0.1, -0.05) is 42.5 Å². The third-order valence-corrected chi connectivity index (χ3v) is 7.70.